The van der Waals surface area contributed by atoms with E-state index in [2.05, 4.69) is 45.5 Å². The Kier molecular flexibility index (Phi) is 10.2. The summed E-state index contributed by atoms with van der Waals surface area (Å²) in [6.07, 6.45) is 1.18. The zero-order chi connectivity index (χ0) is 15.6. The van der Waals surface area contributed by atoms with Gasteiger partial charge >= 0.3 is 0 Å². The Morgan fingerprint density at radius 1 is 1.26 bits per heavy atom. The highest BCUT2D eigenvalue weighted by Gasteiger charge is 2.25. The van der Waals surface area contributed by atoms with Crippen LogP contribution in [0.25, 0.3) is 0 Å². The Morgan fingerprint density at radius 3 is 2.74 bits per heavy atom. The molecule has 0 aromatic heterocycles. The summed E-state index contributed by atoms with van der Waals surface area (Å²) in [5, 5.41) is 3.37. The second-order valence-corrected chi connectivity index (χ2v) is 5.42. The van der Waals surface area contributed by atoms with Gasteiger partial charge < -0.3 is 19.7 Å². The number of nitrogens with zero attached hydrogens (tertiary/aromatic N) is 2. The summed E-state index contributed by atoms with van der Waals surface area (Å²) in [7, 11) is 3.52. The highest BCUT2D eigenvalue weighted by molar-refractivity contribution is 14.0. The Morgan fingerprint density at radius 2 is 2.04 bits per heavy atom. The van der Waals surface area contributed by atoms with Crippen LogP contribution in [0, 0.1) is 0 Å². The first-order valence-electron chi connectivity index (χ1n) is 7.92. The molecule has 1 heterocycles. The van der Waals surface area contributed by atoms with E-state index in [1.807, 2.05) is 7.05 Å². The third-order valence-corrected chi connectivity index (χ3v) is 3.93. The van der Waals surface area contributed by atoms with Gasteiger partial charge in [-0.2, -0.15) is 0 Å². The lowest BCUT2D eigenvalue weighted by molar-refractivity contribution is 0.0731. The lowest BCUT2D eigenvalue weighted by Crippen LogP contribution is -2.41. The molecule has 0 spiro atoms. The smallest absolute Gasteiger partial charge is 0.193 e. The fourth-order valence-electron chi connectivity index (χ4n) is 2.76. The largest absolute Gasteiger partial charge is 0.382 e. The number of nitrogens with one attached hydrogen (secondary N) is 1. The van der Waals surface area contributed by atoms with E-state index in [4.69, 9.17) is 9.47 Å². The van der Waals surface area contributed by atoms with E-state index < -0.39 is 0 Å². The van der Waals surface area contributed by atoms with Crippen LogP contribution < -0.4 is 5.32 Å². The number of methoxy groups -OCH3 is 1. The predicted octanol–water partition coefficient (Wildman–Crippen LogP) is 2.33. The molecule has 1 N–H and O–H groups in total. The van der Waals surface area contributed by atoms with E-state index in [1.165, 1.54) is 12.0 Å². The molecule has 130 valence electrons. The normalized spacial score (nSPS) is 17.9. The van der Waals surface area contributed by atoms with Crippen LogP contribution in [0.2, 0.25) is 0 Å². The van der Waals surface area contributed by atoms with Crippen LogP contribution in [0.5, 0.6) is 0 Å². The minimum absolute atomic E-state index is 0. The van der Waals surface area contributed by atoms with Crippen LogP contribution in [0.4, 0.5) is 0 Å². The first kappa shape index (κ1) is 20.2. The highest BCUT2D eigenvalue weighted by Crippen LogP contribution is 2.26. The number of aliphatic imine (C=N–C) groups is 1. The van der Waals surface area contributed by atoms with Crippen molar-refractivity contribution in [3.05, 3.63) is 35.9 Å². The van der Waals surface area contributed by atoms with E-state index in [-0.39, 0.29) is 24.0 Å². The van der Waals surface area contributed by atoms with Gasteiger partial charge in [0.15, 0.2) is 5.96 Å². The number of hydrogen-bond acceptors (Lipinski definition) is 3. The number of guanidine groups is 1. The summed E-state index contributed by atoms with van der Waals surface area (Å²) in [6.45, 7) is 4.77. The molecule has 0 amide bonds. The molecular weight excluding hydrogens is 405 g/mol. The number of ether oxygens (including phenoxy) is 2. The second kappa shape index (κ2) is 11.6. The highest BCUT2D eigenvalue weighted by atomic mass is 127. The van der Waals surface area contributed by atoms with E-state index in [0.29, 0.717) is 25.7 Å². The summed E-state index contributed by atoms with van der Waals surface area (Å²) in [4.78, 5) is 6.71. The van der Waals surface area contributed by atoms with Gasteiger partial charge in [0.05, 0.1) is 19.8 Å². The molecule has 1 aliphatic heterocycles. The summed E-state index contributed by atoms with van der Waals surface area (Å²) < 4.78 is 10.4. The topological polar surface area (TPSA) is 46.1 Å². The maximum atomic E-state index is 5.46. The zero-order valence-corrected chi connectivity index (χ0v) is 16.4. The van der Waals surface area contributed by atoms with Crippen LogP contribution in [0.15, 0.2) is 35.3 Å². The molecule has 0 aliphatic carbocycles. The predicted molar refractivity (Wildman–Crippen MR) is 105 cm³/mol. The molecule has 1 saturated heterocycles. The average Bonchev–Trinajstić information content (AvgIpc) is 3.05. The number of hydrogen-bond donors (Lipinski definition) is 1. The minimum Gasteiger partial charge on any atom is -0.382 e. The maximum Gasteiger partial charge on any atom is 0.193 e. The summed E-state index contributed by atoms with van der Waals surface area (Å²) >= 11 is 0. The minimum atomic E-state index is 0. The van der Waals surface area contributed by atoms with Gasteiger partial charge in [-0.25, -0.2) is 0 Å². The summed E-state index contributed by atoms with van der Waals surface area (Å²) in [6, 6.07) is 10.7. The maximum absolute atomic E-state index is 5.46. The van der Waals surface area contributed by atoms with Crippen LogP contribution in [0.1, 0.15) is 17.9 Å². The first-order valence-corrected chi connectivity index (χ1v) is 7.92. The Bertz CT molecular complexity index is 456. The molecule has 0 radical (unpaired) electrons. The van der Waals surface area contributed by atoms with Gasteiger partial charge in [-0.1, -0.05) is 30.3 Å². The number of rotatable bonds is 7. The molecule has 1 unspecified atom stereocenters. The van der Waals surface area contributed by atoms with Gasteiger partial charge in [-0.15, -0.1) is 24.0 Å². The Balaban J connectivity index is 0.00000264. The van der Waals surface area contributed by atoms with Gasteiger partial charge in [0.25, 0.3) is 0 Å². The summed E-state index contributed by atoms with van der Waals surface area (Å²) in [5.41, 5.74) is 1.42. The summed E-state index contributed by atoms with van der Waals surface area (Å²) in [5.74, 6) is 1.56. The third-order valence-electron chi connectivity index (χ3n) is 3.93. The molecule has 1 aromatic rings. The van der Waals surface area contributed by atoms with Crippen molar-refractivity contribution in [1.29, 1.82) is 0 Å². The molecule has 0 saturated carbocycles. The van der Waals surface area contributed by atoms with Gasteiger partial charge in [-0.05, 0) is 12.0 Å². The second-order valence-electron chi connectivity index (χ2n) is 5.42. The zero-order valence-electron chi connectivity index (χ0n) is 14.0. The van der Waals surface area contributed by atoms with Crippen molar-refractivity contribution in [3.8, 4) is 0 Å². The fourth-order valence-corrected chi connectivity index (χ4v) is 2.76. The van der Waals surface area contributed by atoms with Crippen molar-refractivity contribution >= 4 is 29.9 Å². The first-order chi connectivity index (χ1) is 10.8. The molecule has 1 aliphatic rings. The molecular formula is C17H28IN3O2. The van der Waals surface area contributed by atoms with E-state index in [0.717, 1.165) is 25.6 Å². The van der Waals surface area contributed by atoms with Crippen LogP contribution in [0.3, 0.4) is 0 Å². The quantitative estimate of drug-likeness (QED) is 0.311. The van der Waals surface area contributed by atoms with Crippen LogP contribution in [-0.4, -0.2) is 64.5 Å². The number of benzene rings is 1. The van der Waals surface area contributed by atoms with Gasteiger partial charge in [0, 0.05) is 39.7 Å². The average molecular weight is 433 g/mol. The third kappa shape index (κ3) is 6.64. The lowest BCUT2D eigenvalue weighted by atomic mass is 9.99. The van der Waals surface area contributed by atoms with Crippen LogP contribution >= 0.6 is 24.0 Å². The van der Waals surface area contributed by atoms with Crippen molar-refractivity contribution in [3.63, 3.8) is 0 Å². The van der Waals surface area contributed by atoms with Crippen molar-refractivity contribution < 1.29 is 9.47 Å². The van der Waals surface area contributed by atoms with Gasteiger partial charge in [0.1, 0.15) is 0 Å². The number of halogens is 1. The lowest BCUT2D eigenvalue weighted by Gasteiger charge is -2.21. The van der Waals surface area contributed by atoms with Crippen molar-refractivity contribution in [2.75, 3.05) is 53.6 Å². The molecule has 1 atom stereocenters. The molecule has 6 heteroatoms. The molecule has 1 fully saturated rings. The van der Waals surface area contributed by atoms with Gasteiger partial charge in [-0.3, -0.25) is 4.99 Å². The standard InChI is InChI=1S/C17H27N3O2.HI/c1-18-17(19-9-11-22-13-12-21-2)20-10-8-16(14-20)15-6-4-3-5-7-15;/h3-7,16H,8-14H2,1-2H3,(H,18,19);1H. The molecule has 2 rings (SSSR count). The molecule has 23 heavy (non-hydrogen) atoms. The Hall–Kier alpha value is -0.860. The Labute approximate surface area is 156 Å². The van der Waals surface area contributed by atoms with Crippen molar-refractivity contribution in [2.45, 2.75) is 12.3 Å². The van der Waals surface area contributed by atoms with E-state index in [9.17, 15) is 0 Å². The van der Waals surface area contributed by atoms with Crippen molar-refractivity contribution in [1.82, 2.24) is 10.2 Å². The van der Waals surface area contributed by atoms with Crippen LogP contribution in [-0.2, 0) is 9.47 Å². The molecule has 5 nitrogen and oxygen atoms in total. The number of likely N-dealkylation sites (tertiary alicyclic amines) is 1. The van der Waals surface area contributed by atoms with E-state index in [1.54, 1.807) is 7.11 Å². The fraction of sp³-hybridized carbons (Fsp3) is 0.588. The van der Waals surface area contributed by atoms with E-state index >= 15 is 0 Å². The van der Waals surface area contributed by atoms with Gasteiger partial charge in [0.2, 0.25) is 0 Å². The SMILES string of the molecule is CN=C(NCCOCCOC)N1CCC(c2ccccc2)C1.I. The molecule has 0 bridgehead atoms. The monoisotopic (exact) mass is 433 g/mol. The van der Waals surface area contributed by atoms with Crippen molar-refractivity contribution in [2.24, 2.45) is 4.99 Å². The molecule has 1 aromatic carbocycles.